The lowest BCUT2D eigenvalue weighted by Crippen LogP contribution is -2.39. The molecule has 0 aliphatic rings. The zero-order valence-electron chi connectivity index (χ0n) is 17.9. The third-order valence-corrected chi connectivity index (χ3v) is 4.29. The van der Waals surface area contributed by atoms with E-state index in [1.165, 1.54) is 0 Å². The standard InChI is InChI=1S/C23H31N3O3/c1-15(2)14-29-20-8-6-7-19(11-20)12-24-23(28)25-13-21(27)26-22-17(4)9-16(3)10-18(22)5/h6-11,15H,12-14H2,1-5H3,(H,26,27)(H2,24,25,28). The van der Waals surface area contributed by atoms with Crippen molar-refractivity contribution in [2.24, 2.45) is 5.92 Å². The van der Waals surface area contributed by atoms with Crippen LogP contribution in [0.4, 0.5) is 10.5 Å². The highest BCUT2D eigenvalue weighted by Crippen LogP contribution is 2.21. The predicted molar refractivity (Wildman–Crippen MR) is 116 cm³/mol. The Bertz CT molecular complexity index is 839. The van der Waals surface area contributed by atoms with Gasteiger partial charge in [-0.15, -0.1) is 0 Å². The monoisotopic (exact) mass is 397 g/mol. The van der Waals surface area contributed by atoms with E-state index in [4.69, 9.17) is 4.74 Å². The fourth-order valence-corrected chi connectivity index (χ4v) is 2.97. The minimum Gasteiger partial charge on any atom is -0.493 e. The van der Waals surface area contributed by atoms with Crippen LogP contribution in [0, 0.1) is 26.7 Å². The Kier molecular flexibility index (Phi) is 8.07. The van der Waals surface area contributed by atoms with Gasteiger partial charge in [0.05, 0.1) is 13.2 Å². The van der Waals surface area contributed by atoms with Crippen molar-refractivity contribution in [3.05, 3.63) is 58.7 Å². The van der Waals surface area contributed by atoms with Gasteiger partial charge in [0.25, 0.3) is 0 Å². The molecule has 2 aromatic carbocycles. The van der Waals surface area contributed by atoms with Crippen molar-refractivity contribution in [2.45, 2.75) is 41.2 Å². The summed E-state index contributed by atoms with van der Waals surface area (Å²) in [6.45, 7) is 11.0. The zero-order chi connectivity index (χ0) is 21.4. The molecule has 0 spiro atoms. The maximum absolute atomic E-state index is 12.2. The van der Waals surface area contributed by atoms with Gasteiger partial charge in [0.1, 0.15) is 5.75 Å². The highest BCUT2D eigenvalue weighted by molar-refractivity contribution is 5.95. The molecule has 0 aliphatic heterocycles. The molecule has 0 atom stereocenters. The number of carbonyl (C=O) groups excluding carboxylic acids is 2. The van der Waals surface area contributed by atoms with Gasteiger partial charge in [-0.1, -0.05) is 43.7 Å². The summed E-state index contributed by atoms with van der Waals surface area (Å²) in [6.07, 6.45) is 0. The molecule has 0 heterocycles. The minimum absolute atomic E-state index is 0.101. The molecule has 0 radical (unpaired) electrons. The second kappa shape index (κ2) is 10.5. The molecular formula is C23H31N3O3. The Labute approximate surface area is 173 Å². The van der Waals surface area contributed by atoms with Gasteiger partial charge >= 0.3 is 6.03 Å². The first kappa shape index (κ1) is 22.3. The third kappa shape index (κ3) is 7.49. The molecule has 0 saturated carbocycles. The number of rotatable bonds is 8. The second-order valence-corrected chi connectivity index (χ2v) is 7.71. The Morgan fingerprint density at radius 1 is 1.00 bits per heavy atom. The molecule has 29 heavy (non-hydrogen) atoms. The van der Waals surface area contributed by atoms with E-state index in [1.807, 2.05) is 57.2 Å². The van der Waals surface area contributed by atoms with Crippen molar-refractivity contribution in [1.82, 2.24) is 10.6 Å². The van der Waals surface area contributed by atoms with Crippen LogP contribution < -0.4 is 20.7 Å². The number of ether oxygens (including phenoxy) is 1. The normalized spacial score (nSPS) is 10.6. The van der Waals surface area contributed by atoms with Crippen LogP contribution in [-0.2, 0) is 11.3 Å². The summed E-state index contributed by atoms with van der Waals surface area (Å²) in [7, 11) is 0. The largest absolute Gasteiger partial charge is 0.493 e. The van der Waals surface area contributed by atoms with Gasteiger partial charge in [0.15, 0.2) is 0 Å². The summed E-state index contributed by atoms with van der Waals surface area (Å²) in [4.78, 5) is 24.2. The summed E-state index contributed by atoms with van der Waals surface area (Å²) in [5.41, 5.74) is 4.87. The number of hydrogen-bond acceptors (Lipinski definition) is 3. The third-order valence-electron chi connectivity index (χ3n) is 4.29. The van der Waals surface area contributed by atoms with E-state index in [0.717, 1.165) is 33.7 Å². The van der Waals surface area contributed by atoms with E-state index < -0.39 is 6.03 Å². The molecule has 2 aromatic rings. The molecule has 0 saturated heterocycles. The second-order valence-electron chi connectivity index (χ2n) is 7.71. The molecule has 0 aromatic heterocycles. The number of benzene rings is 2. The lowest BCUT2D eigenvalue weighted by molar-refractivity contribution is -0.115. The van der Waals surface area contributed by atoms with Crippen molar-refractivity contribution in [3.8, 4) is 5.75 Å². The average molecular weight is 398 g/mol. The minimum atomic E-state index is -0.397. The summed E-state index contributed by atoms with van der Waals surface area (Å²) >= 11 is 0. The van der Waals surface area contributed by atoms with Crippen molar-refractivity contribution in [3.63, 3.8) is 0 Å². The Balaban J connectivity index is 1.79. The first-order chi connectivity index (χ1) is 13.7. The number of amides is 3. The van der Waals surface area contributed by atoms with E-state index >= 15 is 0 Å². The molecule has 0 unspecified atom stereocenters. The van der Waals surface area contributed by atoms with E-state index in [2.05, 4.69) is 29.8 Å². The smallest absolute Gasteiger partial charge is 0.315 e. The van der Waals surface area contributed by atoms with Crippen LogP contribution in [0.1, 0.15) is 36.1 Å². The van der Waals surface area contributed by atoms with Crippen LogP contribution in [0.15, 0.2) is 36.4 Å². The highest BCUT2D eigenvalue weighted by atomic mass is 16.5. The number of hydrogen-bond donors (Lipinski definition) is 3. The molecule has 6 heteroatoms. The van der Waals surface area contributed by atoms with Gasteiger partial charge in [0.2, 0.25) is 5.91 Å². The van der Waals surface area contributed by atoms with E-state index in [0.29, 0.717) is 19.1 Å². The van der Waals surface area contributed by atoms with Gasteiger partial charge in [-0.05, 0) is 55.5 Å². The van der Waals surface area contributed by atoms with Gasteiger partial charge in [-0.2, -0.15) is 0 Å². The van der Waals surface area contributed by atoms with Crippen LogP contribution >= 0.6 is 0 Å². The zero-order valence-corrected chi connectivity index (χ0v) is 17.9. The fraction of sp³-hybridized carbons (Fsp3) is 0.391. The van der Waals surface area contributed by atoms with Crippen molar-refractivity contribution < 1.29 is 14.3 Å². The molecule has 156 valence electrons. The van der Waals surface area contributed by atoms with Gasteiger partial charge in [-0.3, -0.25) is 4.79 Å². The van der Waals surface area contributed by atoms with Crippen LogP contribution in [-0.4, -0.2) is 25.1 Å². The van der Waals surface area contributed by atoms with Crippen LogP contribution in [0.25, 0.3) is 0 Å². The number of anilines is 1. The van der Waals surface area contributed by atoms with E-state index in [9.17, 15) is 9.59 Å². The van der Waals surface area contributed by atoms with Crippen LogP contribution in [0.5, 0.6) is 5.75 Å². The van der Waals surface area contributed by atoms with Gasteiger partial charge in [-0.25, -0.2) is 4.79 Å². The topological polar surface area (TPSA) is 79.5 Å². The number of nitrogens with one attached hydrogen (secondary N) is 3. The number of aryl methyl sites for hydroxylation is 3. The summed E-state index contributed by atoms with van der Waals surface area (Å²) in [6, 6.07) is 11.2. The highest BCUT2D eigenvalue weighted by Gasteiger charge is 2.10. The summed E-state index contributed by atoms with van der Waals surface area (Å²) in [5, 5.41) is 8.21. The Morgan fingerprint density at radius 2 is 1.69 bits per heavy atom. The summed E-state index contributed by atoms with van der Waals surface area (Å²) < 4.78 is 5.70. The maximum Gasteiger partial charge on any atom is 0.315 e. The quantitative estimate of drug-likeness (QED) is 0.628. The first-order valence-corrected chi connectivity index (χ1v) is 9.85. The Morgan fingerprint density at radius 3 is 2.34 bits per heavy atom. The molecule has 3 N–H and O–H groups in total. The first-order valence-electron chi connectivity index (χ1n) is 9.85. The van der Waals surface area contributed by atoms with Crippen LogP contribution in [0.2, 0.25) is 0 Å². The van der Waals surface area contributed by atoms with Gasteiger partial charge < -0.3 is 20.7 Å². The molecule has 2 rings (SSSR count). The lowest BCUT2D eigenvalue weighted by Gasteiger charge is -2.13. The molecule has 0 bridgehead atoms. The lowest BCUT2D eigenvalue weighted by atomic mass is 10.1. The maximum atomic E-state index is 12.2. The SMILES string of the molecule is Cc1cc(C)c(NC(=O)CNC(=O)NCc2cccc(OCC(C)C)c2)c(C)c1. The van der Waals surface area contributed by atoms with Crippen molar-refractivity contribution in [2.75, 3.05) is 18.5 Å². The Hall–Kier alpha value is -3.02. The van der Waals surface area contributed by atoms with E-state index in [1.54, 1.807) is 0 Å². The fourth-order valence-electron chi connectivity index (χ4n) is 2.97. The molecular weight excluding hydrogens is 366 g/mol. The molecule has 6 nitrogen and oxygen atoms in total. The van der Waals surface area contributed by atoms with Crippen molar-refractivity contribution >= 4 is 17.6 Å². The van der Waals surface area contributed by atoms with Gasteiger partial charge in [0, 0.05) is 12.2 Å². The van der Waals surface area contributed by atoms with E-state index in [-0.39, 0.29) is 12.5 Å². The van der Waals surface area contributed by atoms with Crippen LogP contribution in [0.3, 0.4) is 0 Å². The number of carbonyl (C=O) groups is 2. The summed E-state index contributed by atoms with van der Waals surface area (Å²) in [5.74, 6) is 0.960. The average Bonchev–Trinajstić information content (AvgIpc) is 2.66. The van der Waals surface area contributed by atoms with Crippen molar-refractivity contribution in [1.29, 1.82) is 0 Å². The number of urea groups is 1. The predicted octanol–water partition coefficient (Wildman–Crippen LogP) is 4.08. The molecule has 0 aliphatic carbocycles. The molecule has 0 fully saturated rings. The molecule has 3 amide bonds.